The predicted octanol–water partition coefficient (Wildman–Crippen LogP) is 1.49. The van der Waals surface area contributed by atoms with Gasteiger partial charge in [0.1, 0.15) is 0 Å². The third-order valence-electron chi connectivity index (χ3n) is 2.88. The van der Waals surface area contributed by atoms with Crippen molar-refractivity contribution in [1.82, 2.24) is 14.7 Å². The van der Waals surface area contributed by atoms with Crippen molar-refractivity contribution in [2.45, 2.75) is 43.2 Å². The second-order valence-electron chi connectivity index (χ2n) is 5.41. The van der Waals surface area contributed by atoms with E-state index in [1.807, 2.05) is 6.92 Å². The van der Waals surface area contributed by atoms with Gasteiger partial charge in [-0.1, -0.05) is 24.7 Å². The van der Waals surface area contributed by atoms with E-state index in [0.717, 1.165) is 11.1 Å². The molecule has 1 aromatic rings. The number of amides is 2. The molecule has 0 aromatic carbocycles. The highest BCUT2D eigenvalue weighted by atomic mass is 32.2. The Morgan fingerprint density at radius 3 is 2.50 bits per heavy atom. The van der Waals surface area contributed by atoms with Gasteiger partial charge in [0, 0.05) is 14.1 Å². The second kappa shape index (κ2) is 8.38. The molecule has 11 heteroatoms. The van der Waals surface area contributed by atoms with Crippen molar-refractivity contribution >= 4 is 33.3 Å². The first-order chi connectivity index (χ1) is 11.1. The van der Waals surface area contributed by atoms with Crippen LogP contribution in [-0.2, 0) is 14.6 Å². The summed E-state index contributed by atoms with van der Waals surface area (Å²) in [5, 5.41) is 3.09. The first-order valence-electron chi connectivity index (χ1n) is 7.38. The zero-order valence-electron chi connectivity index (χ0n) is 14.3. The molecule has 1 aromatic heterocycles. The molecule has 0 aliphatic heterocycles. The van der Waals surface area contributed by atoms with Crippen LogP contribution in [-0.4, -0.2) is 61.2 Å². The highest BCUT2D eigenvalue weighted by Crippen LogP contribution is 2.15. The number of ether oxygens (including phenoxy) is 1. The van der Waals surface area contributed by atoms with Gasteiger partial charge in [-0.2, -0.15) is 4.99 Å². The summed E-state index contributed by atoms with van der Waals surface area (Å²) >= 11 is 0.657. The Hall–Kier alpha value is -1.75. The summed E-state index contributed by atoms with van der Waals surface area (Å²) in [6, 6.07) is -0.637. The zero-order chi connectivity index (χ0) is 18.5. The largest absolute Gasteiger partial charge is 0.448 e. The maximum Gasteiger partial charge on any atom is 0.437 e. The van der Waals surface area contributed by atoms with Crippen LogP contribution in [0.1, 0.15) is 33.6 Å². The molecule has 2 amide bonds. The minimum atomic E-state index is -3.70. The molecule has 0 atom stereocenters. The summed E-state index contributed by atoms with van der Waals surface area (Å²) in [5.74, 6) is 0. The van der Waals surface area contributed by atoms with E-state index in [1.54, 1.807) is 0 Å². The van der Waals surface area contributed by atoms with Crippen LogP contribution < -0.4 is 4.80 Å². The number of nitrogens with zero attached hydrogens (tertiary/aromatic N) is 4. The van der Waals surface area contributed by atoms with Gasteiger partial charge in [-0.25, -0.2) is 18.0 Å². The first-order valence-corrected chi connectivity index (χ1v) is 9.74. The van der Waals surface area contributed by atoms with E-state index in [2.05, 4.69) is 10.1 Å². The summed E-state index contributed by atoms with van der Waals surface area (Å²) in [4.78, 5) is 28.7. The Kier molecular flexibility index (Phi) is 7.08. The number of aromatic nitrogens is 2. The van der Waals surface area contributed by atoms with Gasteiger partial charge in [-0.05, 0) is 20.3 Å². The monoisotopic (exact) mass is 378 g/mol. The Labute approximate surface area is 144 Å². The van der Waals surface area contributed by atoms with Crippen molar-refractivity contribution in [2.75, 3.05) is 20.7 Å². The average Bonchev–Trinajstić information content (AvgIpc) is 2.91. The van der Waals surface area contributed by atoms with Crippen LogP contribution in [0.15, 0.2) is 9.33 Å². The van der Waals surface area contributed by atoms with Gasteiger partial charge in [0.05, 0.1) is 11.9 Å². The van der Waals surface area contributed by atoms with E-state index in [1.165, 1.54) is 32.8 Å². The number of rotatable bonds is 5. The van der Waals surface area contributed by atoms with E-state index in [0.29, 0.717) is 17.8 Å². The molecule has 0 aliphatic rings. The molecule has 0 aliphatic carbocycles. The molecule has 1 rings (SSSR count). The van der Waals surface area contributed by atoms with Crippen LogP contribution in [0.2, 0.25) is 0 Å². The van der Waals surface area contributed by atoms with Gasteiger partial charge in [0.15, 0.2) is 0 Å². The van der Waals surface area contributed by atoms with Gasteiger partial charge in [-0.3, -0.25) is 0 Å². The highest BCUT2D eigenvalue weighted by Gasteiger charge is 2.26. The molecule has 0 spiro atoms. The van der Waals surface area contributed by atoms with Gasteiger partial charge in [0.2, 0.25) is 19.0 Å². The minimum absolute atomic E-state index is 0.144. The summed E-state index contributed by atoms with van der Waals surface area (Å²) in [5.41, 5.74) is 0. The van der Waals surface area contributed by atoms with Crippen LogP contribution in [0.25, 0.3) is 0 Å². The molecular formula is C13H22N4O5S2. The second-order valence-corrected chi connectivity index (χ2v) is 9.05. The summed E-state index contributed by atoms with van der Waals surface area (Å²) in [6.45, 7) is 5.12. The molecule has 136 valence electrons. The average molecular weight is 378 g/mol. The third kappa shape index (κ3) is 4.87. The summed E-state index contributed by atoms with van der Waals surface area (Å²) in [7, 11) is -0.722. The van der Waals surface area contributed by atoms with E-state index in [9.17, 15) is 18.0 Å². The van der Waals surface area contributed by atoms with Gasteiger partial charge in [0.25, 0.3) is 0 Å². The lowest BCUT2D eigenvalue weighted by atomic mass is 10.4. The minimum Gasteiger partial charge on any atom is -0.448 e. The normalized spacial score (nSPS) is 12.5. The molecule has 0 N–H and O–H groups in total. The van der Waals surface area contributed by atoms with Crippen LogP contribution >= 0.6 is 11.3 Å². The number of urea groups is 1. The summed E-state index contributed by atoms with van der Waals surface area (Å²) < 4.78 is 30.0. The molecule has 0 unspecified atom stereocenters. The van der Waals surface area contributed by atoms with E-state index in [4.69, 9.17) is 4.74 Å². The predicted molar refractivity (Wildman–Crippen MR) is 88.7 cm³/mol. The number of unbranched alkanes of at least 4 members (excludes halogenated alkanes) is 1. The molecule has 9 nitrogen and oxygen atoms in total. The topological polar surface area (TPSA) is 111 Å². The van der Waals surface area contributed by atoms with Gasteiger partial charge in [-0.15, -0.1) is 9.78 Å². The molecule has 24 heavy (non-hydrogen) atoms. The van der Waals surface area contributed by atoms with Crippen molar-refractivity contribution < 1.29 is 22.7 Å². The van der Waals surface area contributed by atoms with E-state index < -0.39 is 27.2 Å². The highest BCUT2D eigenvalue weighted by molar-refractivity contribution is 7.93. The fourth-order valence-electron chi connectivity index (χ4n) is 1.32. The zero-order valence-corrected chi connectivity index (χ0v) is 16.0. The Balaban J connectivity index is 3.37. The number of carbonyl (C=O) groups excluding carboxylic acids is 2. The first kappa shape index (κ1) is 20.3. The Morgan fingerprint density at radius 1 is 1.38 bits per heavy atom. The van der Waals surface area contributed by atoms with Crippen LogP contribution in [0.3, 0.4) is 0 Å². The van der Waals surface area contributed by atoms with Crippen LogP contribution in [0.5, 0.6) is 0 Å². The lowest BCUT2D eigenvalue weighted by Gasteiger charge is -2.05. The standard InChI is InChI=1S/C13H22N4O5S2/c1-6-7-8-22-13(19)17-11(14-10(18)16(4)5)23-12(15-17)24(20,21)9(2)3/h9H,6-8H2,1-5H3. The number of sulfone groups is 1. The van der Waals surface area contributed by atoms with Crippen LogP contribution in [0, 0.1) is 0 Å². The Bertz CT molecular complexity index is 762. The summed E-state index contributed by atoms with van der Waals surface area (Å²) in [6.07, 6.45) is 0.630. The Morgan fingerprint density at radius 2 is 2.00 bits per heavy atom. The van der Waals surface area contributed by atoms with E-state index >= 15 is 0 Å². The number of hydrogen-bond acceptors (Lipinski definition) is 7. The lowest BCUT2D eigenvalue weighted by molar-refractivity contribution is 0.141. The van der Waals surface area contributed by atoms with Crippen molar-refractivity contribution in [3.63, 3.8) is 0 Å². The fourth-order valence-corrected chi connectivity index (χ4v) is 3.79. The molecular weight excluding hydrogens is 356 g/mol. The quantitative estimate of drug-likeness (QED) is 0.718. The van der Waals surface area contributed by atoms with Crippen molar-refractivity contribution in [3.05, 3.63) is 4.80 Å². The smallest absolute Gasteiger partial charge is 0.437 e. The SMILES string of the molecule is CCCCOC(=O)n1nc(S(=O)(=O)C(C)C)sc1=NC(=O)N(C)C. The lowest BCUT2D eigenvalue weighted by Crippen LogP contribution is -2.29. The molecule has 0 saturated heterocycles. The fraction of sp³-hybridized carbons (Fsp3) is 0.692. The van der Waals surface area contributed by atoms with Crippen LogP contribution in [0.4, 0.5) is 9.59 Å². The van der Waals surface area contributed by atoms with Crippen molar-refractivity contribution in [2.24, 2.45) is 4.99 Å². The van der Waals surface area contributed by atoms with Gasteiger partial charge < -0.3 is 9.64 Å². The number of carbonyl (C=O) groups is 2. The number of hydrogen-bond donors (Lipinski definition) is 0. The molecule has 0 fully saturated rings. The van der Waals surface area contributed by atoms with Crippen molar-refractivity contribution in [3.8, 4) is 0 Å². The molecule has 1 heterocycles. The maximum atomic E-state index is 12.2. The third-order valence-corrected chi connectivity index (χ3v) is 6.34. The maximum absolute atomic E-state index is 12.2. The van der Waals surface area contributed by atoms with Gasteiger partial charge >= 0.3 is 12.1 Å². The molecule has 0 saturated carbocycles. The molecule has 0 bridgehead atoms. The molecule has 0 radical (unpaired) electrons. The van der Waals surface area contributed by atoms with E-state index in [-0.39, 0.29) is 15.7 Å². The van der Waals surface area contributed by atoms with Crippen molar-refractivity contribution in [1.29, 1.82) is 0 Å².